The molecule has 0 aliphatic heterocycles. The van der Waals surface area contributed by atoms with E-state index in [2.05, 4.69) is 4.98 Å². The van der Waals surface area contributed by atoms with Crippen LogP contribution in [-0.2, 0) is 0 Å². The average molecular weight is 287 g/mol. The minimum Gasteiger partial charge on any atom is -0.494 e. The van der Waals surface area contributed by atoms with Crippen LogP contribution in [0.3, 0.4) is 0 Å². The first-order chi connectivity index (χ1) is 9.67. The Bertz CT molecular complexity index is 819. The molecule has 0 saturated carbocycles. The van der Waals surface area contributed by atoms with Gasteiger partial charge < -0.3 is 9.15 Å². The smallest absolute Gasteiger partial charge is 0.345 e. The summed E-state index contributed by atoms with van der Waals surface area (Å²) in [5, 5.41) is 3.64. The van der Waals surface area contributed by atoms with Gasteiger partial charge in [-0.2, -0.15) is 0 Å². The lowest BCUT2D eigenvalue weighted by Gasteiger charge is -2.04. The highest BCUT2D eigenvalue weighted by Gasteiger charge is 2.11. The van der Waals surface area contributed by atoms with Crippen LogP contribution >= 0.6 is 11.3 Å². The number of thiazole rings is 1. The Morgan fingerprint density at radius 1 is 1.35 bits per heavy atom. The highest BCUT2D eigenvalue weighted by molar-refractivity contribution is 7.09. The monoisotopic (exact) mass is 287 g/mol. The first kappa shape index (κ1) is 12.9. The second-order valence-electron chi connectivity index (χ2n) is 4.33. The Morgan fingerprint density at radius 3 is 2.90 bits per heavy atom. The maximum Gasteiger partial charge on any atom is 0.345 e. The Labute approximate surface area is 119 Å². The van der Waals surface area contributed by atoms with Gasteiger partial charge >= 0.3 is 5.63 Å². The predicted molar refractivity (Wildman–Crippen MR) is 79.5 cm³/mol. The molecule has 0 N–H and O–H groups in total. The maximum atomic E-state index is 12.1. The largest absolute Gasteiger partial charge is 0.494 e. The van der Waals surface area contributed by atoms with Crippen molar-refractivity contribution in [3.8, 4) is 17.0 Å². The fourth-order valence-electron chi connectivity index (χ4n) is 2.01. The van der Waals surface area contributed by atoms with E-state index in [1.807, 2.05) is 37.4 Å². The number of fused-ring (bicyclic) bond motifs is 1. The van der Waals surface area contributed by atoms with E-state index >= 15 is 0 Å². The molecule has 2 heterocycles. The lowest BCUT2D eigenvalue weighted by Crippen LogP contribution is -2.03. The second kappa shape index (κ2) is 5.09. The maximum absolute atomic E-state index is 12.1. The van der Waals surface area contributed by atoms with Gasteiger partial charge in [0.25, 0.3) is 0 Å². The van der Waals surface area contributed by atoms with Crippen molar-refractivity contribution < 1.29 is 9.15 Å². The number of aromatic nitrogens is 1. The van der Waals surface area contributed by atoms with Gasteiger partial charge in [0.15, 0.2) is 0 Å². The third kappa shape index (κ3) is 2.32. The van der Waals surface area contributed by atoms with Crippen molar-refractivity contribution in [1.82, 2.24) is 4.98 Å². The van der Waals surface area contributed by atoms with Gasteiger partial charge in [0, 0.05) is 16.8 Å². The van der Waals surface area contributed by atoms with Gasteiger partial charge in [-0.25, -0.2) is 9.78 Å². The van der Waals surface area contributed by atoms with Crippen molar-refractivity contribution >= 4 is 22.3 Å². The summed E-state index contributed by atoms with van der Waals surface area (Å²) in [6.45, 7) is 4.39. The Morgan fingerprint density at radius 2 is 2.20 bits per heavy atom. The van der Waals surface area contributed by atoms with Crippen LogP contribution < -0.4 is 10.4 Å². The summed E-state index contributed by atoms with van der Waals surface area (Å²) in [6, 6.07) is 7.29. The Hall–Kier alpha value is -2.14. The standard InChI is InChI=1S/C15H13NO3S/c1-3-18-11-5-4-10-6-12(13-8-20-9(2)16-13)15(17)19-14(10)7-11/h4-8H,3H2,1-2H3. The number of aryl methyl sites for hydroxylation is 1. The van der Waals surface area contributed by atoms with Crippen molar-refractivity contribution in [1.29, 1.82) is 0 Å². The molecule has 20 heavy (non-hydrogen) atoms. The van der Waals surface area contributed by atoms with Crippen molar-refractivity contribution in [3.05, 3.63) is 45.1 Å². The number of nitrogens with zero attached hydrogens (tertiary/aromatic N) is 1. The summed E-state index contributed by atoms with van der Waals surface area (Å²) < 4.78 is 10.8. The molecule has 0 saturated heterocycles. The van der Waals surface area contributed by atoms with E-state index in [0.29, 0.717) is 29.2 Å². The fraction of sp³-hybridized carbons (Fsp3) is 0.200. The molecule has 0 aliphatic carbocycles. The topological polar surface area (TPSA) is 52.3 Å². The van der Waals surface area contributed by atoms with E-state index in [0.717, 1.165) is 10.4 Å². The highest BCUT2D eigenvalue weighted by Crippen LogP contribution is 2.25. The SMILES string of the molecule is CCOc1ccc2cc(-c3csc(C)n3)c(=O)oc2c1. The van der Waals surface area contributed by atoms with Gasteiger partial charge in [-0.05, 0) is 32.0 Å². The molecule has 4 nitrogen and oxygen atoms in total. The lowest BCUT2D eigenvalue weighted by atomic mass is 10.1. The molecule has 5 heteroatoms. The van der Waals surface area contributed by atoms with Crippen LogP contribution in [0.15, 0.2) is 38.9 Å². The van der Waals surface area contributed by atoms with Crippen LogP contribution in [0, 0.1) is 6.92 Å². The van der Waals surface area contributed by atoms with E-state index in [9.17, 15) is 4.79 Å². The molecule has 0 radical (unpaired) electrons. The molecule has 0 fully saturated rings. The minimum atomic E-state index is -0.378. The molecule has 3 rings (SSSR count). The average Bonchev–Trinajstić information content (AvgIpc) is 2.85. The normalized spacial score (nSPS) is 10.9. The van der Waals surface area contributed by atoms with Gasteiger partial charge in [-0.3, -0.25) is 0 Å². The molecule has 102 valence electrons. The number of benzene rings is 1. The summed E-state index contributed by atoms with van der Waals surface area (Å²) in [6.07, 6.45) is 0. The first-order valence-electron chi connectivity index (χ1n) is 6.30. The molecule has 3 aromatic rings. The molecule has 1 aromatic carbocycles. The van der Waals surface area contributed by atoms with Crippen LogP contribution in [0.5, 0.6) is 5.75 Å². The summed E-state index contributed by atoms with van der Waals surface area (Å²) >= 11 is 1.51. The van der Waals surface area contributed by atoms with Gasteiger partial charge in [0.2, 0.25) is 0 Å². The first-order valence-corrected chi connectivity index (χ1v) is 7.18. The van der Waals surface area contributed by atoms with Crippen molar-refractivity contribution in [2.45, 2.75) is 13.8 Å². The van der Waals surface area contributed by atoms with E-state index in [1.165, 1.54) is 11.3 Å². The number of hydrogen-bond acceptors (Lipinski definition) is 5. The summed E-state index contributed by atoms with van der Waals surface area (Å²) in [4.78, 5) is 16.4. The Kier molecular flexibility index (Phi) is 3.28. The molecular weight excluding hydrogens is 274 g/mol. The fourth-order valence-corrected chi connectivity index (χ4v) is 2.63. The summed E-state index contributed by atoms with van der Waals surface area (Å²) in [7, 11) is 0. The van der Waals surface area contributed by atoms with Crippen molar-refractivity contribution in [2.75, 3.05) is 6.61 Å². The molecule has 0 spiro atoms. The van der Waals surface area contributed by atoms with Crippen LogP contribution in [0.25, 0.3) is 22.2 Å². The Balaban J connectivity index is 2.15. The third-order valence-electron chi connectivity index (χ3n) is 2.91. The molecule has 0 atom stereocenters. The minimum absolute atomic E-state index is 0.378. The molecule has 0 unspecified atom stereocenters. The number of rotatable bonds is 3. The van der Waals surface area contributed by atoms with Crippen LogP contribution in [-0.4, -0.2) is 11.6 Å². The van der Waals surface area contributed by atoms with Gasteiger partial charge in [0.1, 0.15) is 11.3 Å². The zero-order valence-corrected chi connectivity index (χ0v) is 12.0. The highest BCUT2D eigenvalue weighted by atomic mass is 32.1. The zero-order chi connectivity index (χ0) is 14.1. The molecule has 2 aromatic heterocycles. The summed E-state index contributed by atoms with van der Waals surface area (Å²) in [5.74, 6) is 0.695. The van der Waals surface area contributed by atoms with E-state index in [-0.39, 0.29) is 5.63 Å². The van der Waals surface area contributed by atoms with E-state index in [4.69, 9.17) is 9.15 Å². The quantitative estimate of drug-likeness (QED) is 0.690. The van der Waals surface area contributed by atoms with Crippen LogP contribution in [0.2, 0.25) is 0 Å². The molecule has 0 amide bonds. The lowest BCUT2D eigenvalue weighted by molar-refractivity contribution is 0.340. The summed E-state index contributed by atoms with van der Waals surface area (Å²) in [5.41, 5.74) is 1.30. The number of hydrogen-bond donors (Lipinski definition) is 0. The van der Waals surface area contributed by atoms with Gasteiger partial charge in [-0.1, -0.05) is 0 Å². The molecule has 0 bridgehead atoms. The third-order valence-corrected chi connectivity index (χ3v) is 3.69. The second-order valence-corrected chi connectivity index (χ2v) is 5.39. The van der Waals surface area contributed by atoms with E-state index < -0.39 is 0 Å². The van der Waals surface area contributed by atoms with E-state index in [1.54, 1.807) is 6.07 Å². The van der Waals surface area contributed by atoms with Crippen molar-refractivity contribution in [3.63, 3.8) is 0 Å². The van der Waals surface area contributed by atoms with Crippen LogP contribution in [0.1, 0.15) is 11.9 Å². The molecule has 0 aliphatic rings. The zero-order valence-electron chi connectivity index (χ0n) is 11.2. The van der Waals surface area contributed by atoms with Crippen molar-refractivity contribution in [2.24, 2.45) is 0 Å². The van der Waals surface area contributed by atoms with Crippen LogP contribution in [0.4, 0.5) is 0 Å². The van der Waals surface area contributed by atoms with Gasteiger partial charge in [0.05, 0.1) is 22.9 Å². The molecular formula is C15H13NO3S. The number of ether oxygens (including phenoxy) is 1. The predicted octanol–water partition coefficient (Wildman–Crippen LogP) is 3.62. The van der Waals surface area contributed by atoms with Gasteiger partial charge in [-0.15, -0.1) is 11.3 Å².